The largest absolute Gasteiger partial charge is 0.493 e. The van der Waals surface area contributed by atoms with Gasteiger partial charge in [-0.25, -0.2) is 4.79 Å². The summed E-state index contributed by atoms with van der Waals surface area (Å²) in [5, 5.41) is 5.12. The van der Waals surface area contributed by atoms with Crippen molar-refractivity contribution in [2.24, 2.45) is 5.92 Å². The zero-order chi connectivity index (χ0) is 18.8. The molecule has 0 fully saturated rings. The number of benzene rings is 1. The summed E-state index contributed by atoms with van der Waals surface area (Å²) >= 11 is 0. The third-order valence-electron chi connectivity index (χ3n) is 3.37. The maximum atomic E-state index is 12.2. The van der Waals surface area contributed by atoms with Crippen LogP contribution >= 0.6 is 0 Å². The number of rotatable bonds is 9. The molecule has 0 unspecified atom stereocenters. The predicted octanol–water partition coefficient (Wildman–Crippen LogP) is 1.52. The standard InChI is InChI=1S/C18H26N2O5/c1-5-25-15-9-7-6-8-13(15)17(22)19-11-16(21)20-14(10-12(2)3)18(23)24-4/h6-9,12,14H,5,10-11H2,1-4H3,(H,19,22)(H,20,21)/t14-/m0/s1. The predicted molar refractivity (Wildman–Crippen MR) is 93.3 cm³/mol. The van der Waals surface area contributed by atoms with Gasteiger partial charge in [-0.1, -0.05) is 26.0 Å². The molecule has 1 rings (SSSR count). The van der Waals surface area contributed by atoms with Crippen LogP contribution in [0, 0.1) is 5.92 Å². The number of ether oxygens (including phenoxy) is 2. The van der Waals surface area contributed by atoms with E-state index >= 15 is 0 Å². The third-order valence-corrected chi connectivity index (χ3v) is 3.37. The fourth-order valence-corrected chi connectivity index (χ4v) is 2.26. The lowest BCUT2D eigenvalue weighted by Crippen LogP contribution is -2.46. The number of carbonyl (C=O) groups excluding carboxylic acids is 3. The number of esters is 1. The molecule has 0 aliphatic heterocycles. The van der Waals surface area contributed by atoms with Gasteiger partial charge in [0.15, 0.2) is 0 Å². The Balaban J connectivity index is 2.63. The molecule has 25 heavy (non-hydrogen) atoms. The van der Waals surface area contributed by atoms with Gasteiger partial charge in [0.05, 0.1) is 25.8 Å². The van der Waals surface area contributed by atoms with E-state index in [1.165, 1.54) is 7.11 Å². The molecule has 0 radical (unpaired) electrons. The van der Waals surface area contributed by atoms with Crippen molar-refractivity contribution in [3.8, 4) is 5.75 Å². The van der Waals surface area contributed by atoms with Crippen molar-refractivity contribution in [2.75, 3.05) is 20.3 Å². The second-order valence-electron chi connectivity index (χ2n) is 5.88. The van der Waals surface area contributed by atoms with Crippen LogP contribution in [0.15, 0.2) is 24.3 Å². The first-order valence-electron chi connectivity index (χ1n) is 8.26. The van der Waals surface area contributed by atoms with Gasteiger partial charge in [-0.15, -0.1) is 0 Å². The van der Waals surface area contributed by atoms with Gasteiger partial charge in [0.25, 0.3) is 5.91 Å². The van der Waals surface area contributed by atoms with Crippen molar-refractivity contribution < 1.29 is 23.9 Å². The molecular weight excluding hydrogens is 324 g/mol. The molecule has 0 saturated carbocycles. The van der Waals surface area contributed by atoms with Gasteiger partial charge in [0.1, 0.15) is 11.8 Å². The van der Waals surface area contributed by atoms with Crippen molar-refractivity contribution in [2.45, 2.75) is 33.2 Å². The maximum absolute atomic E-state index is 12.2. The molecule has 0 aliphatic carbocycles. The van der Waals surface area contributed by atoms with E-state index in [9.17, 15) is 14.4 Å². The Morgan fingerprint density at radius 1 is 1.16 bits per heavy atom. The fraction of sp³-hybridized carbons (Fsp3) is 0.500. The Morgan fingerprint density at radius 2 is 1.84 bits per heavy atom. The van der Waals surface area contributed by atoms with Crippen LogP contribution in [0.5, 0.6) is 5.75 Å². The summed E-state index contributed by atoms with van der Waals surface area (Å²) in [5.41, 5.74) is 0.351. The smallest absolute Gasteiger partial charge is 0.328 e. The van der Waals surface area contributed by atoms with Crippen molar-refractivity contribution in [1.29, 1.82) is 0 Å². The first kappa shape index (κ1) is 20.5. The van der Waals surface area contributed by atoms with E-state index in [0.717, 1.165) is 0 Å². The number of nitrogens with one attached hydrogen (secondary N) is 2. The molecule has 7 heteroatoms. The van der Waals surface area contributed by atoms with Crippen LogP contribution in [0.1, 0.15) is 37.6 Å². The van der Waals surface area contributed by atoms with E-state index in [4.69, 9.17) is 9.47 Å². The number of carbonyl (C=O) groups is 3. The van der Waals surface area contributed by atoms with Crippen LogP contribution in [0.4, 0.5) is 0 Å². The average Bonchev–Trinajstić information content (AvgIpc) is 2.58. The number of methoxy groups -OCH3 is 1. The van der Waals surface area contributed by atoms with E-state index < -0.39 is 23.8 Å². The highest BCUT2D eigenvalue weighted by Gasteiger charge is 2.23. The minimum Gasteiger partial charge on any atom is -0.493 e. The van der Waals surface area contributed by atoms with Gasteiger partial charge >= 0.3 is 5.97 Å². The molecule has 7 nitrogen and oxygen atoms in total. The minimum atomic E-state index is -0.731. The molecule has 0 spiro atoms. The van der Waals surface area contributed by atoms with E-state index in [-0.39, 0.29) is 12.5 Å². The summed E-state index contributed by atoms with van der Waals surface area (Å²) in [4.78, 5) is 36.0. The number of amides is 2. The molecule has 1 atom stereocenters. The van der Waals surface area contributed by atoms with E-state index in [1.54, 1.807) is 24.3 Å². The normalized spacial score (nSPS) is 11.6. The SMILES string of the molecule is CCOc1ccccc1C(=O)NCC(=O)N[C@@H](CC(C)C)C(=O)OC. The Bertz CT molecular complexity index is 601. The van der Waals surface area contributed by atoms with Crippen LogP contribution in [0.25, 0.3) is 0 Å². The summed E-state index contributed by atoms with van der Waals surface area (Å²) in [6, 6.07) is 6.06. The second-order valence-corrected chi connectivity index (χ2v) is 5.88. The maximum Gasteiger partial charge on any atom is 0.328 e. The van der Waals surface area contributed by atoms with Gasteiger partial charge in [-0.3, -0.25) is 9.59 Å². The first-order valence-corrected chi connectivity index (χ1v) is 8.26. The lowest BCUT2D eigenvalue weighted by molar-refractivity contribution is -0.145. The molecule has 2 N–H and O–H groups in total. The molecule has 0 heterocycles. The van der Waals surface area contributed by atoms with Gasteiger partial charge < -0.3 is 20.1 Å². The van der Waals surface area contributed by atoms with Gasteiger partial charge in [-0.2, -0.15) is 0 Å². The lowest BCUT2D eigenvalue weighted by atomic mass is 10.0. The molecule has 0 aromatic heterocycles. The highest BCUT2D eigenvalue weighted by atomic mass is 16.5. The van der Waals surface area contributed by atoms with E-state index in [2.05, 4.69) is 10.6 Å². The number of hydrogen-bond donors (Lipinski definition) is 2. The summed E-state index contributed by atoms with van der Waals surface area (Å²) < 4.78 is 10.1. The van der Waals surface area contributed by atoms with Crippen LogP contribution in [0.2, 0.25) is 0 Å². The summed E-state index contributed by atoms with van der Waals surface area (Å²) in [5.74, 6) is -0.724. The topological polar surface area (TPSA) is 93.7 Å². The highest BCUT2D eigenvalue weighted by molar-refractivity contribution is 5.99. The first-order chi connectivity index (χ1) is 11.9. The Hall–Kier alpha value is -2.57. The zero-order valence-electron chi connectivity index (χ0n) is 15.1. The zero-order valence-corrected chi connectivity index (χ0v) is 15.1. The number of para-hydroxylation sites is 1. The van der Waals surface area contributed by atoms with Crippen LogP contribution in [0.3, 0.4) is 0 Å². The Kier molecular flexibility index (Phi) is 8.46. The molecule has 0 saturated heterocycles. The Labute approximate surface area is 148 Å². The minimum absolute atomic E-state index is 0.206. The van der Waals surface area contributed by atoms with E-state index in [1.807, 2.05) is 20.8 Å². The second kappa shape index (κ2) is 10.3. The van der Waals surface area contributed by atoms with Gasteiger partial charge in [-0.05, 0) is 31.4 Å². The fourth-order valence-electron chi connectivity index (χ4n) is 2.26. The number of hydrogen-bond acceptors (Lipinski definition) is 5. The highest BCUT2D eigenvalue weighted by Crippen LogP contribution is 2.17. The summed E-state index contributed by atoms with van der Waals surface area (Å²) in [6.07, 6.45) is 0.458. The Morgan fingerprint density at radius 3 is 2.44 bits per heavy atom. The monoisotopic (exact) mass is 350 g/mol. The van der Waals surface area contributed by atoms with Crippen LogP contribution < -0.4 is 15.4 Å². The van der Waals surface area contributed by atoms with Crippen molar-refractivity contribution in [3.63, 3.8) is 0 Å². The quantitative estimate of drug-likeness (QED) is 0.659. The molecule has 0 aliphatic rings. The molecular formula is C18H26N2O5. The molecule has 2 amide bonds. The van der Waals surface area contributed by atoms with Crippen LogP contribution in [-0.4, -0.2) is 44.1 Å². The third kappa shape index (κ3) is 6.82. The van der Waals surface area contributed by atoms with Crippen LogP contribution in [-0.2, 0) is 14.3 Å². The van der Waals surface area contributed by atoms with E-state index in [0.29, 0.717) is 24.3 Å². The molecule has 0 bridgehead atoms. The van der Waals surface area contributed by atoms with Crippen molar-refractivity contribution in [1.82, 2.24) is 10.6 Å². The molecule has 1 aromatic carbocycles. The lowest BCUT2D eigenvalue weighted by Gasteiger charge is -2.18. The van der Waals surface area contributed by atoms with Crippen molar-refractivity contribution >= 4 is 17.8 Å². The summed E-state index contributed by atoms with van der Waals surface area (Å²) in [7, 11) is 1.27. The summed E-state index contributed by atoms with van der Waals surface area (Å²) in [6.45, 7) is 5.89. The molecule has 1 aromatic rings. The average molecular weight is 350 g/mol. The molecule has 138 valence electrons. The van der Waals surface area contributed by atoms with Gasteiger partial charge in [0, 0.05) is 0 Å². The van der Waals surface area contributed by atoms with Gasteiger partial charge in [0.2, 0.25) is 5.91 Å². The van der Waals surface area contributed by atoms with Crippen molar-refractivity contribution in [3.05, 3.63) is 29.8 Å².